The molecule has 30 heavy (non-hydrogen) atoms. The maximum Gasteiger partial charge on any atom is 0.230 e. The van der Waals surface area contributed by atoms with Crippen LogP contribution in [0.2, 0.25) is 0 Å². The van der Waals surface area contributed by atoms with Crippen molar-refractivity contribution in [2.75, 3.05) is 26.9 Å². The minimum absolute atomic E-state index is 0.124. The summed E-state index contributed by atoms with van der Waals surface area (Å²) in [6.07, 6.45) is -3.65. The number of amidine groups is 3. The van der Waals surface area contributed by atoms with E-state index in [0.717, 1.165) is 5.56 Å². The first kappa shape index (κ1) is 20.8. The molecule has 1 fully saturated rings. The molecule has 5 atom stereocenters. The number of fused-ring (bicyclic) bond motifs is 1. The molecular formula is C19H27N7O4. The number of nitrogens with two attached hydrogens (primary N) is 2. The average molecular weight is 417 g/mol. The van der Waals surface area contributed by atoms with E-state index >= 15 is 0 Å². The SMILES string of the molecule is C[C@H]1O[C@@H](N2C(c3ccccc3)=NC3(N(C)CCON)C(N)=NCN=C23)[C@H](O)[C@@H]1O. The van der Waals surface area contributed by atoms with Crippen molar-refractivity contribution >= 4 is 17.5 Å². The Kier molecular flexibility index (Phi) is 5.57. The molecule has 1 unspecified atom stereocenters. The summed E-state index contributed by atoms with van der Waals surface area (Å²) in [6, 6.07) is 9.47. The number of hydrogen-bond acceptors (Lipinski definition) is 11. The van der Waals surface area contributed by atoms with Gasteiger partial charge in [-0.15, -0.1) is 0 Å². The Morgan fingerprint density at radius 1 is 1.27 bits per heavy atom. The smallest absolute Gasteiger partial charge is 0.230 e. The van der Waals surface area contributed by atoms with Gasteiger partial charge in [-0.3, -0.25) is 9.80 Å². The predicted molar refractivity (Wildman–Crippen MR) is 111 cm³/mol. The second-order valence-corrected chi connectivity index (χ2v) is 7.52. The maximum absolute atomic E-state index is 10.7. The summed E-state index contributed by atoms with van der Waals surface area (Å²) in [5, 5.41) is 21.1. The predicted octanol–water partition coefficient (Wildman–Crippen LogP) is -1.54. The van der Waals surface area contributed by atoms with Gasteiger partial charge in [-0.25, -0.2) is 20.9 Å². The zero-order chi connectivity index (χ0) is 21.5. The first-order valence-corrected chi connectivity index (χ1v) is 9.76. The van der Waals surface area contributed by atoms with Gasteiger partial charge in [0.2, 0.25) is 5.66 Å². The Morgan fingerprint density at radius 3 is 2.63 bits per heavy atom. The highest BCUT2D eigenvalue weighted by atomic mass is 16.6. The van der Waals surface area contributed by atoms with E-state index in [2.05, 4.69) is 9.98 Å². The second-order valence-electron chi connectivity index (χ2n) is 7.52. The molecule has 0 radical (unpaired) electrons. The highest BCUT2D eigenvalue weighted by Crippen LogP contribution is 2.37. The number of nitrogens with zero attached hydrogens (tertiary/aromatic N) is 5. The first-order chi connectivity index (χ1) is 14.4. The lowest BCUT2D eigenvalue weighted by atomic mass is 10.0. The third kappa shape index (κ3) is 3.11. The van der Waals surface area contributed by atoms with Crippen molar-refractivity contribution in [2.24, 2.45) is 26.6 Å². The van der Waals surface area contributed by atoms with Crippen molar-refractivity contribution in [1.82, 2.24) is 9.80 Å². The summed E-state index contributed by atoms with van der Waals surface area (Å²) in [5.41, 5.74) is 5.97. The molecule has 11 nitrogen and oxygen atoms in total. The van der Waals surface area contributed by atoms with Crippen molar-refractivity contribution in [3.8, 4) is 0 Å². The molecule has 1 aromatic carbocycles. The molecule has 3 heterocycles. The van der Waals surface area contributed by atoms with Gasteiger partial charge >= 0.3 is 0 Å². The van der Waals surface area contributed by atoms with Gasteiger partial charge in [-0.05, 0) is 14.0 Å². The Labute approximate surface area is 174 Å². The minimum atomic E-state index is -1.21. The van der Waals surface area contributed by atoms with E-state index in [0.29, 0.717) is 18.2 Å². The Morgan fingerprint density at radius 2 is 2.00 bits per heavy atom. The quantitative estimate of drug-likeness (QED) is 0.406. The third-order valence-corrected chi connectivity index (χ3v) is 5.72. The molecule has 0 saturated carbocycles. The summed E-state index contributed by atoms with van der Waals surface area (Å²) in [7, 11) is 1.82. The summed E-state index contributed by atoms with van der Waals surface area (Å²) in [4.78, 5) is 22.2. The number of aliphatic hydroxyl groups is 2. The minimum Gasteiger partial charge on any atom is -0.388 e. The largest absolute Gasteiger partial charge is 0.388 e. The summed E-state index contributed by atoms with van der Waals surface area (Å²) in [5.74, 6) is 6.48. The van der Waals surface area contributed by atoms with Crippen LogP contribution in [0.1, 0.15) is 12.5 Å². The fourth-order valence-electron chi connectivity index (χ4n) is 4.05. The van der Waals surface area contributed by atoms with Crippen molar-refractivity contribution in [1.29, 1.82) is 0 Å². The van der Waals surface area contributed by atoms with Crippen molar-refractivity contribution in [3.63, 3.8) is 0 Å². The van der Waals surface area contributed by atoms with Gasteiger partial charge in [-0.2, -0.15) is 0 Å². The van der Waals surface area contributed by atoms with Crippen LogP contribution in [0.15, 0.2) is 45.3 Å². The molecule has 0 amide bonds. The summed E-state index contributed by atoms with van der Waals surface area (Å²) in [6.45, 7) is 2.48. The lowest BCUT2D eigenvalue weighted by molar-refractivity contribution is -0.0332. The number of aliphatic imine (C=N–C) groups is 3. The number of benzene rings is 1. The van der Waals surface area contributed by atoms with Crippen molar-refractivity contribution in [3.05, 3.63) is 35.9 Å². The second kappa shape index (κ2) is 8.02. The van der Waals surface area contributed by atoms with Crippen molar-refractivity contribution < 1.29 is 19.8 Å². The Hall–Kier alpha value is -2.41. The van der Waals surface area contributed by atoms with Gasteiger partial charge in [0.15, 0.2) is 12.1 Å². The van der Waals surface area contributed by atoms with Gasteiger partial charge in [0.1, 0.15) is 30.5 Å². The molecular weight excluding hydrogens is 390 g/mol. The topological polar surface area (TPSA) is 155 Å². The van der Waals surface area contributed by atoms with Crippen LogP contribution >= 0.6 is 0 Å². The molecule has 0 aliphatic carbocycles. The molecule has 0 bridgehead atoms. The molecule has 3 aliphatic rings. The third-order valence-electron chi connectivity index (χ3n) is 5.72. The fourth-order valence-corrected chi connectivity index (χ4v) is 4.05. The van der Waals surface area contributed by atoms with E-state index in [1.54, 1.807) is 11.8 Å². The fraction of sp³-hybridized carbons (Fsp3) is 0.526. The molecule has 4 rings (SSSR count). The number of rotatable bonds is 6. The lowest BCUT2D eigenvalue weighted by Crippen LogP contribution is -2.64. The lowest BCUT2D eigenvalue weighted by Gasteiger charge is -2.39. The number of aliphatic hydroxyl groups excluding tert-OH is 2. The van der Waals surface area contributed by atoms with Crippen molar-refractivity contribution in [2.45, 2.75) is 37.1 Å². The number of ether oxygens (including phenoxy) is 1. The molecule has 0 spiro atoms. The van der Waals surface area contributed by atoms with Crippen LogP contribution in [0.4, 0.5) is 0 Å². The molecule has 6 N–H and O–H groups in total. The van der Waals surface area contributed by atoms with Crippen LogP contribution in [-0.2, 0) is 9.57 Å². The van der Waals surface area contributed by atoms with Gasteiger partial charge in [-0.1, -0.05) is 30.3 Å². The van der Waals surface area contributed by atoms with Crippen LogP contribution in [0.5, 0.6) is 0 Å². The van der Waals surface area contributed by atoms with E-state index in [9.17, 15) is 10.2 Å². The van der Waals surface area contributed by atoms with Crippen LogP contribution in [0.25, 0.3) is 0 Å². The van der Waals surface area contributed by atoms with E-state index in [1.807, 2.05) is 42.3 Å². The van der Waals surface area contributed by atoms with Crippen LogP contribution in [-0.4, -0.2) is 94.6 Å². The summed E-state index contributed by atoms with van der Waals surface area (Å²) >= 11 is 0. The highest BCUT2D eigenvalue weighted by molar-refractivity contribution is 6.26. The number of likely N-dealkylation sites (N-methyl/N-ethyl adjacent to an activating group) is 1. The monoisotopic (exact) mass is 417 g/mol. The zero-order valence-corrected chi connectivity index (χ0v) is 16.9. The van der Waals surface area contributed by atoms with E-state index in [-0.39, 0.29) is 19.1 Å². The molecule has 0 aromatic heterocycles. The standard InChI is InChI=1S/C19H27N7O4/c1-11-13(27)14(28)16(30-11)26-15(12-6-4-3-5-7-12)24-19(25(2)8-9-29-21)17(20)22-10-23-18(19)26/h3-7,11,13-14,16,27-28H,8-10,21H2,1-2H3,(H2,20,22)/t11-,13-,14-,16-,19?/m1/s1. The van der Waals surface area contributed by atoms with Crippen LogP contribution < -0.4 is 11.6 Å². The van der Waals surface area contributed by atoms with Gasteiger partial charge in [0.05, 0.1) is 12.7 Å². The molecule has 162 valence electrons. The van der Waals surface area contributed by atoms with Gasteiger partial charge in [0.25, 0.3) is 0 Å². The van der Waals surface area contributed by atoms with Gasteiger partial charge in [0, 0.05) is 12.1 Å². The van der Waals surface area contributed by atoms with E-state index in [4.69, 9.17) is 26.2 Å². The zero-order valence-electron chi connectivity index (χ0n) is 16.9. The normalized spacial score (nSPS) is 33.4. The van der Waals surface area contributed by atoms with Crippen LogP contribution in [0.3, 0.4) is 0 Å². The average Bonchev–Trinajstić information content (AvgIpc) is 3.24. The maximum atomic E-state index is 10.7. The Bertz CT molecular complexity index is 877. The van der Waals surface area contributed by atoms with Gasteiger partial charge < -0.3 is 25.5 Å². The molecule has 1 saturated heterocycles. The van der Waals surface area contributed by atoms with Crippen LogP contribution in [0, 0.1) is 0 Å². The molecule has 3 aliphatic heterocycles. The summed E-state index contributed by atoms with van der Waals surface area (Å²) < 4.78 is 5.93. The highest BCUT2D eigenvalue weighted by Gasteiger charge is 2.58. The van der Waals surface area contributed by atoms with E-state index in [1.165, 1.54) is 0 Å². The molecule has 11 heteroatoms. The molecule has 1 aromatic rings. The first-order valence-electron chi connectivity index (χ1n) is 9.76. The number of hydrogen-bond donors (Lipinski definition) is 4. The Balaban J connectivity index is 1.85. The van der Waals surface area contributed by atoms with E-state index < -0.39 is 30.2 Å².